The van der Waals surface area contributed by atoms with Crippen molar-refractivity contribution in [1.82, 2.24) is 4.90 Å². The van der Waals surface area contributed by atoms with Crippen molar-refractivity contribution in [3.8, 4) is 0 Å². The Hall–Kier alpha value is -1.55. The van der Waals surface area contributed by atoms with Gasteiger partial charge in [0.2, 0.25) is 0 Å². The van der Waals surface area contributed by atoms with Gasteiger partial charge >= 0.3 is 6.03 Å². The van der Waals surface area contributed by atoms with Gasteiger partial charge < -0.3 is 15.0 Å². The highest BCUT2D eigenvalue weighted by Crippen LogP contribution is 2.17. The summed E-state index contributed by atoms with van der Waals surface area (Å²) in [5, 5.41) is 2.97. The normalized spacial score (nSPS) is 15.5. The number of para-hydroxylation sites is 1. The average molecular weight is 248 g/mol. The van der Waals surface area contributed by atoms with E-state index in [1.165, 1.54) is 6.42 Å². The molecule has 1 aromatic carbocycles. The van der Waals surface area contributed by atoms with Crippen LogP contribution in [0.4, 0.5) is 10.5 Å². The number of urea groups is 1. The number of hydrogen-bond acceptors (Lipinski definition) is 2. The topological polar surface area (TPSA) is 41.6 Å². The number of likely N-dealkylation sites (tertiary alicyclic amines) is 1. The molecule has 1 aromatic rings. The lowest BCUT2D eigenvalue weighted by Gasteiger charge is -2.27. The van der Waals surface area contributed by atoms with Crippen LogP contribution in [0.15, 0.2) is 24.3 Å². The van der Waals surface area contributed by atoms with Crippen LogP contribution >= 0.6 is 0 Å². The fraction of sp³-hybridized carbons (Fsp3) is 0.500. The molecular weight excluding hydrogens is 228 g/mol. The first kappa shape index (κ1) is 12.9. The van der Waals surface area contributed by atoms with Crippen molar-refractivity contribution in [2.45, 2.75) is 25.9 Å². The summed E-state index contributed by atoms with van der Waals surface area (Å²) in [5.41, 5.74) is 1.85. The fourth-order valence-corrected chi connectivity index (χ4v) is 2.21. The zero-order valence-electron chi connectivity index (χ0n) is 10.8. The molecule has 0 atom stereocenters. The van der Waals surface area contributed by atoms with Crippen LogP contribution in [0.1, 0.15) is 24.8 Å². The first-order valence-electron chi connectivity index (χ1n) is 6.44. The molecule has 1 aliphatic rings. The maximum absolute atomic E-state index is 12.1. The zero-order chi connectivity index (χ0) is 12.8. The number of ether oxygens (including phenoxy) is 1. The fourth-order valence-electron chi connectivity index (χ4n) is 2.21. The van der Waals surface area contributed by atoms with E-state index < -0.39 is 0 Å². The molecule has 1 heterocycles. The lowest BCUT2D eigenvalue weighted by Crippen LogP contribution is -2.38. The zero-order valence-corrected chi connectivity index (χ0v) is 10.8. The third-order valence-electron chi connectivity index (χ3n) is 3.20. The minimum atomic E-state index is -0.00162. The van der Waals surface area contributed by atoms with Gasteiger partial charge in [-0.3, -0.25) is 0 Å². The van der Waals surface area contributed by atoms with Crippen LogP contribution < -0.4 is 5.32 Å². The minimum Gasteiger partial charge on any atom is -0.380 e. The summed E-state index contributed by atoms with van der Waals surface area (Å²) in [6, 6.07) is 7.75. The second-order valence-electron chi connectivity index (χ2n) is 4.57. The van der Waals surface area contributed by atoms with Gasteiger partial charge in [0.1, 0.15) is 0 Å². The predicted molar refractivity (Wildman–Crippen MR) is 71.6 cm³/mol. The number of piperidine rings is 1. The number of methoxy groups -OCH3 is 1. The lowest BCUT2D eigenvalue weighted by molar-refractivity contribution is 0.185. The molecule has 0 bridgehead atoms. The predicted octanol–water partition coefficient (Wildman–Crippen LogP) is 2.85. The maximum atomic E-state index is 12.1. The van der Waals surface area contributed by atoms with Gasteiger partial charge in [0.15, 0.2) is 0 Å². The molecule has 0 saturated carbocycles. The van der Waals surface area contributed by atoms with Crippen molar-refractivity contribution in [3.05, 3.63) is 29.8 Å². The molecule has 0 aromatic heterocycles. The molecule has 1 N–H and O–H groups in total. The van der Waals surface area contributed by atoms with E-state index in [1.54, 1.807) is 7.11 Å². The van der Waals surface area contributed by atoms with E-state index >= 15 is 0 Å². The van der Waals surface area contributed by atoms with Crippen molar-refractivity contribution < 1.29 is 9.53 Å². The Morgan fingerprint density at radius 2 is 2.00 bits per heavy atom. The number of carbonyl (C=O) groups is 1. The smallest absolute Gasteiger partial charge is 0.321 e. The van der Waals surface area contributed by atoms with Crippen LogP contribution in [0.25, 0.3) is 0 Å². The Labute approximate surface area is 108 Å². The van der Waals surface area contributed by atoms with Crippen LogP contribution in [0.2, 0.25) is 0 Å². The molecule has 4 nitrogen and oxygen atoms in total. The highest BCUT2D eigenvalue weighted by molar-refractivity contribution is 5.90. The van der Waals surface area contributed by atoms with Crippen molar-refractivity contribution in [2.24, 2.45) is 0 Å². The molecule has 1 aliphatic heterocycles. The Morgan fingerprint density at radius 1 is 1.28 bits per heavy atom. The monoisotopic (exact) mass is 248 g/mol. The van der Waals surface area contributed by atoms with E-state index in [4.69, 9.17) is 4.74 Å². The first-order chi connectivity index (χ1) is 8.81. The first-order valence-corrected chi connectivity index (χ1v) is 6.44. The Bertz CT molecular complexity index is 401. The van der Waals surface area contributed by atoms with E-state index in [1.807, 2.05) is 29.2 Å². The van der Waals surface area contributed by atoms with Crippen molar-refractivity contribution in [1.29, 1.82) is 0 Å². The average Bonchev–Trinajstić information content (AvgIpc) is 2.42. The van der Waals surface area contributed by atoms with Gasteiger partial charge in [-0.1, -0.05) is 18.2 Å². The van der Waals surface area contributed by atoms with Crippen LogP contribution in [-0.4, -0.2) is 31.1 Å². The molecule has 1 saturated heterocycles. The van der Waals surface area contributed by atoms with E-state index in [-0.39, 0.29) is 6.03 Å². The second kappa shape index (κ2) is 6.40. The van der Waals surface area contributed by atoms with Gasteiger partial charge in [0, 0.05) is 31.5 Å². The number of hydrogen-bond donors (Lipinski definition) is 1. The van der Waals surface area contributed by atoms with Crippen LogP contribution in [0, 0.1) is 0 Å². The number of rotatable bonds is 3. The molecule has 0 radical (unpaired) electrons. The van der Waals surface area contributed by atoms with E-state index in [2.05, 4.69) is 5.32 Å². The highest BCUT2D eigenvalue weighted by Gasteiger charge is 2.17. The number of carbonyl (C=O) groups excluding carboxylic acids is 1. The van der Waals surface area contributed by atoms with Crippen molar-refractivity contribution in [3.63, 3.8) is 0 Å². The minimum absolute atomic E-state index is 0.00162. The summed E-state index contributed by atoms with van der Waals surface area (Å²) in [7, 11) is 1.66. The Balaban J connectivity index is 2.01. The number of nitrogens with zero attached hydrogens (tertiary/aromatic N) is 1. The third-order valence-corrected chi connectivity index (χ3v) is 3.20. The van der Waals surface area contributed by atoms with Gasteiger partial charge in [-0.25, -0.2) is 4.79 Å². The van der Waals surface area contributed by atoms with E-state index in [9.17, 15) is 4.79 Å². The van der Waals surface area contributed by atoms with Gasteiger partial charge in [0.25, 0.3) is 0 Å². The van der Waals surface area contributed by atoms with Crippen molar-refractivity contribution in [2.75, 3.05) is 25.5 Å². The van der Waals surface area contributed by atoms with Crippen molar-refractivity contribution >= 4 is 11.7 Å². The summed E-state index contributed by atoms with van der Waals surface area (Å²) >= 11 is 0. The quantitative estimate of drug-likeness (QED) is 0.893. The molecule has 4 heteroatoms. The molecule has 0 unspecified atom stereocenters. The SMILES string of the molecule is COCc1ccccc1NC(=O)N1CCCCC1. The summed E-state index contributed by atoms with van der Waals surface area (Å²) < 4.78 is 5.13. The van der Waals surface area contributed by atoms with Gasteiger partial charge in [-0.05, 0) is 25.3 Å². The van der Waals surface area contributed by atoms with E-state index in [0.29, 0.717) is 6.61 Å². The molecule has 98 valence electrons. The molecule has 0 spiro atoms. The Kier molecular flexibility index (Phi) is 4.59. The highest BCUT2D eigenvalue weighted by atomic mass is 16.5. The molecular formula is C14H20N2O2. The summed E-state index contributed by atoms with van der Waals surface area (Å²) in [4.78, 5) is 14.0. The summed E-state index contributed by atoms with van der Waals surface area (Å²) in [6.07, 6.45) is 3.43. The number of anilines is 1. The standard InChI is InChI=1S/C14H20N2O2/c1-18-11-12-7-3-4-8-13(12)15-14(17)16-9-5-2-6-10-16/h3-4,7-8H,2,5-6,9-11H2,1H3,(H,15,17). The number of nitrogens with one attached hydrogen (secondary N) is 1. The largest absolute Gasteiger partial charge is 0.380 e. The molecule has 2 amide bonds. The lowest BCUT2D eigenvalue weighted by atomic mass is 10.1. The summed E-state index contributed by atoms with van der Waals surface area (Å²) in [5.74, 6) is 0. The van der Waals surface area contributed by atoms with Crippen LogP contribution in [0.3, 0.4) is 0 Å². The van der Waals surface area contributed by atoms with Gasteiger partial charge in [-0.2, -0.15) is 0 Å². The van der Waals surface area contributed by atoms with Crippen LogP contribution in [0.5, 0.6) is 0 Å². The molecule has 1 fully saturated rings. The molecule has 18 heavy (non-hydrogen) atoms. The maximum Gasteiger partial charge on any atom is 0.321 e. The second-order valence-corrected chi connectivity index (χ2v) is 4.57. The van der Waals surface area contributed by atoms with E-state index in [0.717, 1.165) is 37.2 Å². The number of benzene rings is 1. The third kappa shape index (κ3) is 3.23. The Morgan fingerprint density at radius 3 is 2.72 bits per heavy atom. The van der Waals surface area contributed by atoms with Gasteiger partial charge in [0.05, 0.1) is 6.61 Å². The molecule has 0 aliphatic carbocycles. The number of amides is 2. The summed E-state index contributed by atoms with van der Waals surface area (Å²) in [6.45, 7) is 2.23. The van der Waals surface area contributed by atoms with Crippen LogP contribution in [-0.2, 0) is 11.3 Å². The molecule has 2 rings (SSSR count). The van der Waals surface area contributed by atoms with Gasteiger partial charge in [-0.15, -0.1) is 0 Å².